The molecule has 25 atom stereocenters. The van der Waals surface area contributed by atoms with Crippen LogP contribution in [0.15, 0.2) is 30.3 Å². The lowest BCUT2D eigenvalue weighted by Crippen LogP contribution is -2.72. The van der Waals surface area contributed by atoms with Gasteiger partial charge < -0.3 is 110 Å². The average Bonchev–Trinajstić information content (AvgIpc) is 0.755. The molecule has 5 heterocycles. The van der Waals surface area contributed by atoms with Crippen LogP contribution in [0.3, 0.4) is 0 Å². The number of benzene rings is 1. The van der Waals surface area contributed by atoms with Crippen LogP contribution in [0.25, 0.3) is 0 Å². The van der Waals surface area contributed by atoms with Gasteiger partial charge in [0.1, 0.15) is 68.6 Å². The lowest BCUT2D eigenvalue weighted by molar-refractivity contribution is -0.397. The Morgan fingerprint density at radius 1 is 0.330 bits per heavy atom. The van der Waals surface area contributed by atoms with Crippen molar-refractivity contribution in [3.8, 4) is 0 Å². The highest BCUT2D eigenvalue weighted by Crippen LogP contribution is 2.42. The normalized spacial score (nSPS) is 33.3. The quantitative estimate of drug-likeness (QED) is 0.0935. The molecule has 0 radical (unpaired) electrons. The first kappa shape index (κ1) is 83.4. The Morgan fingerprint density at radius 3 is 1.05 bits per heavy atom. The first-order valence-corrected chi connectivity index (χ1v) is 32.7. The van der Waals surface area contributed by atoms with E-state index in [1.165, 1.54) is 38.1 Å². The molecule has 0 spiro atoms. The maximum absolute atomic E-state index is 14.4. The number of nitrogens with one attached hydrogen (secondary N) is 1. The van der Waals surface area contributed by atoms with E-state index in [0.717, 1.165) is 90.0 Å². The second kappa shape index (κ2) is 37.7. The number of ether oxygens (including phenoxy) is 22. The molecule has 37 nitrogen and oxygen atoms in total. The molecule has 1 N–H and O–H groups in total. The predicted octanol–water partition coefficient (Wildman–Crippen LogP) is 0.695. The molecule has 37 heteroatoms. The predicted molar refractivity (Wildman–Crippen MR) is 332 cm³/mol. The Hall–Kier alpha value is -8.56. The van der Waals surface area contributed by atoms with Gasteiger partial charge in [0.15, 0.2) is 92.3 Å². The van der Waals surface area contributed by atoms with Crippen LogP contribution < -0.4 is 5.32 Å². The minimum atomic E-state index is -2.33. The summed E-state index contributed by atoms with van der Waals surface area (Å²) in [5.41, 5.74) is 0.00102. The van der Waals surface area contributed by atoms with Crippen LogP contribution in [0.1, 0.15) is 128 Å². The van der Waals surface area contributed by atoms with E-state index in [2.05, 4.69) is 5.32 Å². The van der Waals surface area contributed by atoms with Crippen molar-refractivity contribution in [2.45, 2.75) is 271 Å². The third kappa shape index (κ3) is 23.5. The molecular formula is C66H89NO36. The summed E-state index contributed by atoms with van der Waals surface area (Å²) in [7, 11) is 0. The van der Waals surface area contributed by atoms with Gasteiger partial charge in [0.25, 0.3) is 0 Å². The van der Waals surface area contributed by atoms with Gasteiger partial charge in [-0.15, -0.1) is 0 Å². The highest BCUT2D eigenvalue weighted by Gasteiger charge is 2.63. The summed E-state index contributed by atoms with van der Waals surface area (Å²) in [6.45, 7) is 16.3. The van der Waals surface area contributed by atoms with Crippen LogP contribution in [0, 0.1) is 5.92 Å². The van der Waals surface area contributed by atoms with Gasteiger partial charge in [0.2, 0.25) is 5.91 Å². The molecule has 0 aliphatic carbocycles. The zero-order chi connectivity index (χ0) is 76.6. The molecule has 0 bridgehead atoms. The first-order chi connectivity index (χ1) is 48.3. The van der Waals surface area contributed by atoms with Crippen LogP contribution in [0.5, 0.6) is 0 Å². The van der Waals surface area contributed by atoms with E-state index in [1.807, 2.05) is 0 Å². The fourth-order valence-electron chi connectivity index (χ4n) is 12.2. The maximum atomic E-state index is 14.4. The first-order valence-electron chi connectivity index (χ1n) is 32.7. The molecule has 5 aliphatic rings. The third-order valence-electron chi connectivity index (χ3n) is 15.9. The van der Waals surface area contributed by atoms with Gasteiger partial charge in [-0.1, -0.05) is 32.0 Å². The van der Waals surface area contributed by atoms with E-state index in [-0.39, 0.29) is 5.56 Å². The number of rotatable bonds is 27. The van der Waals surface area contributed by atoms with Crippen LogP contribution in [0.4, 0.5) is 0 Å². The van der Waals surface area contributed by atoms with Crippen molar-refractivity contribution in [3.05, 3.63) is 35.9 Å². The number of amides is 1. The Bertz CT molecular complexity index is 3200. The largest absolute Gasteiger partial charge is 0.463 e. The topological polar surface area (TPSA) is 454 Å². The molecule has 5 saturated heterocycles. The van der Waals surface area contributed by atoms with Crippen LogP contribution in [-0.4, -0.2) is 257 Å². The van der Waals surface area contributed by atoms with E-state index in [9.17, 15) is 67.1 Å². The summed E-state index contributed by atoms with van der Waals surface area (Å²) in [5.74, 6) is -14.6. The molecule has 574 valence electrons. The summed E-state index contributed by atoms with van der Waals surface area (Å²) in [5, 5.41) is 2.69. The maximum Gasteiger partial charge on any atom is 0.338 e. The zero-order valence-electron chi connectivity index (χ0n) is 59.7. The minimum Gasteiger partial charge on any atom is -0.463 e. The van der Waals surface area contributed by atoms with Crippen molar-refractivity contribution in [2.75, 3.05) is 19.8 Å². The minimum absolute atomic E-state index is 0.00102. The number of hydrogen-bond donors (Lipinski definition) is 1. The standard InChI is InChI=1S/C66H89NO36/c1-26(2)47-54(99-62(81)42-21-19-18-20-22-42)57(51(89-35(11)74)43(96-47)23-82-30(6)69)102-63-46(67-29(5)68)53(101-64-59(94-40(16)79)55(91-37(13)76)48(27(3)85-64)87-33(9)72)50(44(97-63)24-83-31(7)70)100-66-61(58(93-39(15)78)52(90-36(12)75)45(98-66)25-84-32(8)71)103-65-60(95-41(17)80)56(92-38(14)77)49(28(4)86-65)88-34(10)73/h18-22,26-28,43-61,63-66H,23-25H2,1-17H3,(H,67,68)/t27?,28?,43?,44?,45?,46?,47-,48+,49-,50+,51-,52-,53+,54?,55-,56?,57-,58-,59?,60-,61?,63-,64-,65-,66-/m0/s1. The van der Waals surface area contributed by atoms with Gasteiger partial charge in [-0.05, 0) is 31.9 Å². The van der Waals surface area contributed by atoms with Gasteiger partial charge in [-0.3, -0.25) is 62.3 Å². The van der Waals surface area contributed by atoms with Crippen LogP contribution >= 0.6 is 0 Å². The molecule has 0 aromatic heterocycles. The van der Waals surface area contributed by atoms with Crippen LogP contribution in [-0.2, 0) is 167 Å². The Morgan fingerprint density at radius 2 is 0.650 bits per heavy atom. The van der Waals surface area contributed by atoms with Crippen molar-refractivity contribution in [3.63, 3.8) is 0 Å². The van der Waals surface area contributed by atoms with E-state index < -0.39 is 263 Å². The van der Waals surface area contributed by atoms with Crippen molar-refractivity contribution < 1.29 is 171 Å². The van der Waals surface area contributed by atoms with Gasteiger partial charge in [0, 0.05) is 90.0 Å². The SMILES string of the molecule is CC(=O)NC1[C@H](O[C@@H]2C(OC(=O)c3ccccc3)[C@H](C(C)C)OC(COC(C)=O)[C@@H]2OC(C)=O)OC(COC(C)=O)[C@@H](O[C@@H]2OC(COC(C)=O)[C@H](OC(C)=O)[C@H](OC(C)=O)C2O[C@@H]2OC(C)[C@H](OC(C)=O)C(OC(C)=O)[C@@H]2OC(C)=O)[C@@H]1O[C@@H]1OC(C)[C@@H](OC(C)=O)[C@H](OC(C)=O)C1OC(C)=O. The van der Waals surface area contributed by atoms with Gasteiger partial charge >= 0.3 is 77.6 Å². The van der Waals surface area contributed by atoms with Gasteiger partial charge in [0.05, 0.1) is 17.8 Å². The Balaban J connectivity index is 1.71. The Kier molecular flexibility index (Phi) is 30.6. The number of esters is 13. The third-order valence-corrected chi connectivity index (χ3v) is 15.9. The van der Waals surface area contributed by atoms with Gasteiger partial charge in [-0.2, -0.15) is 0 Å². The lowest BCUT2D eigenvalue weighted by atomic mass is 9.88. The molecule has 10 unspecified atom stereocenters. The average molecular weight is 1470 g/mol. The summed E-state index contributed by atoms with van der Waals surface area (Å²) in [6.07, 6.45) is -44.7. The van der Waals surface area contributed by atoms with Crippen molar-refractivity contribution >= 4 is 83.5 Å². The molecule has 5 fully saturated rings. The summed E-state index contributed by atoms with van der Waals surface area (Å²) >= 11 is 0. The van der Waals surface area contributed by atoms with Crippen molar-refractivity contribution in [1.29, 1.82) is 0 Å². The van der Waals surface area contributed by atoms with Crippen LogP contribution in [0.2, 0.25) is 0 Å². The fourth-order valence-corrected chi connectivity index (χ4v) is 12.2. The smallest absolute Gasteiger partial charge is 0.338 e. The lowest BCUT2D eigenvalue weighted by Gasteiger charge is -2.53. The number of hydrogen-bond acceptors (Lipinski definition) is 36. The van der Waals surface area contributed by atoms with Crippen molar-refractivity contribution in [2.24, 2.45) is 5.92 Å². The Labute approximate surface area is 591 Å². The number of carbonyl (C=O) groups is 14. The molecule has 0 saturated carbocycles. The number of carbonyl (C=O) groups excluding carboxylic acids is 14. The molecule has 1 aromatic carbocycles. The van der Waals surface area contributed by atoms with Gasteiger partial charge in [-0.25, -0.2) is 4.79 Å². The highest BCUT2D eigenvalue weighted by atomic mass is 16.8. The second-order valence-corrected chi connectivity index (χ2v) is 24.8. The molecule has 103 heavy (non-hydrogen) atoms. The van der Waals surface area contributed by atoms with E-state index in [0.29, 0.717) is 0 Å². The summed E-state index contributed by atoms with van der Waals surface area (Å²) < 4.78 is 135. The monoisotopic (exact) mass is 1470 g/mol. The molecule has 1 amide bonds. The fraction of sp³-hybridized carbons (Fsp3) is 0.697. The second-order valence-electron chi connectivity index (χ2n) is 24.8. The zero-order valence-corrected chi connectivity index (χ0v) is 59.7. The van der Waals surface area contributed by atoms with E-state index >= 15 is 0 Å². The molecule has 6 rings (SSSR count). The summed E-state index contributed by atoms with van der Waals surface area (Å²) in [4.78, 5) is 185. The summed E-state index contributed by atoms with van der Waals surface area (Å²) in [6, 6.07) is 5.52. The highest BCUT2D eigenvalue weighted by molar-refractivity contribution is 5.89. The molecular weight excluding hydrogens is 1380 g/mol. The van der Waals surface area contributed by atoms with E-state index in [1.54, 1.807) is 19.9 Å². The molecule has 1 aromatic rings. The van der Waals surface area contributed by atoms with E-state index in [4.69, 9.17) is 104 Å². The van der Waals surface area contributed by atoms with Crippen molar-refractivity contribution in [1.82, 2.24) is 5.32 Å². The molecule has 5 aliphatic heterocycles.